The minimum atomic E-state index is 0.0898. The number of ether oxygens (including phenoxy) is 1. The zero-order valence-corrected chi connectivity index (χ0v) is 13.1. The second-order valence-corrected chi connectivity index (χ2v) is 5.51. The Morgan fingerprint density at radius 3 is 2.68 bits per heavy atom. The van der Waals surface area contributed by atoms with Crippen LogP contribution in [0, 0.1) is 0 Å². The second-order valence-electron chi connectivity index (χ2n) is 5.51. The maximum Gasteiger partial charge on any atom is 0.272 e. The van der Waals surface area contributed by atoms with Gasteiger partial charge in [0.05, 0.1) is 19.3 Å². The summed E-state index contributed by atoms with van der Waals surface area (Å²) in [6.45, 7) is 4.48. The molecule has 5 heteroatoms. The molecule has 1 amide bonds. The Kier molecular flexibility index (Phi) is 4.13. The first-order valence-electron chi connectivity index (χ1n) is 7.74. The molecule has 0 saturated carbocycles. The molecule has 0 atom stereocenters. The summed E-state index contributed by atoms with van der Waals surface area (Å²) in [6.07, 6.45) is 2.14. The fourth-order valence-electron chi connectivity index (χ4n) is 2.70. The average molecular weight is 299 g/mol. The lowest BCUT2D eigenvalue weighted by atomic mass is 10.1. The van der Waals surface area contributed by atoms with Gasteiger partial charge in [-0.1, -0.05) is 13.3 Å². The number of fused-ring (bicyclic) bond motifs is 1. The van der Waals surface area contributed by atoms with Crippen molar-refractivity contribution < 1.29 is 9.53 Å². The number of nitrogens with zero attached hydrogens (tertiary/aromatic N) is 3. The number of hydrogen-bond donors (Lipinski definition) is 0. The average Bonchev–Trinajstić information content (AvgIpc) is 2.99. The quantitative estimate of drug-likeness (QED) is 0.853. The van der Waals surface area contributed by atoms with Crippen LogP contribution in [0.1, 0.15) is 30.3 Å². The fraction of sp³-hybridized carbons (Fsp3) is 0.412. The van der Waals surface area contributed by atoms with Crippen molar-refractivity contribution >= 4 is 5.91 Å². The van der Waals surface area contributed by atoms with Crippen molar-refractivity contribution in [2.75, 3.05) is 20.2 Å². The largest absolute Gasteiger partial charge is 0.497 e. The number of rotatable bonds is 5. The third-order valence-corrected chi connectivity index (χ3v) is 4.04. The molecule has 0 radical (unpaired) electrons. The Balaban J connectivity index is 1.84. The molecule has 0 N–H and O–H groups in total. The first kappa shape index (κ1) is 14.6. The number of carbonyl (C=O) groups excluding carboxylic acids is 1. The van der Waals surface area contributed by atoms with Gasteiger partial charge in [0.25, 0.3) is 5.91 Å². The van der Waals surface area contributed by atoms with E-state index in [0.29, 0.717) is 5.69 Å². The van der Waals surface area contributed by atoms with Crippen LogP contribution < -0.4 is 4.74 Å². The predicted octanol–water partition coefficient (Wildman–Crippen LogP) is 2.81. The second kappa shape index (κ2) is 6.22. The van der Waals surface area contributed by atoms with Gasteiger partial charge < -0.3 is 9.64 Å². The number of benzene rings is 1. The maximum atomic E-state index is 12.5. The first-order valence-corrected chi connectivity index (χ1v) is 7.74. The molecule has 0 spiro atoms. The molecule has 0 unspecified atom stereocenters. The van der Waals surface area contributed by atoms with E-state index >= 15 is 0 Å². The molecular weight excluding hydrogens is 278 g/mol. The number of hydrogen-bond acceptors (Lipinski definition) is 3. The molecule has 1 aliphatic heterocycles. The van der Waals surface area contributed by atoms with Gasteiger partial charge in [0, 0.05) is 18.7 Å². The molecule has 1 aliphatic rings. The Morgan fingerprint density at radius 1 is 1.23 bits per heavy atom. The summed E-state index contributed by atoms with van der Waals surface area (Å²) in [7, 11) is 1.65. The van der Waals surface area contributed by atoms with Crippen LogP contribution >= 0.6 is 0 Å². The third kappa shape index (κ3) is 2.71. The van der Waals surface area contributed by atoms with Gasteiger partial charge in [-0.2, -0.15) is 5.10 Å². The van der Waals surface area contributed by atoms with Gasteiger partial charge in [-0.05, 0) is 36.8 Å². The molecule has 5 nitrogen and oxygen atoms in total. The summed E-state index contributed by atoms with van der Waals surface area (Å²) in [5.41, 5.74) is 2.52. The van der Waals surface area contributed by atoms with E-state index in [0.717, 1.165) is 49.5 Å². The summed E-state index contributed by atoms with van der Waals surface area (Å²) in [5.74, 6) is 0.904. The van der Waals surface area contributed by atoms with Crippen molar-refractivity contribution in [1.82, 2.24) is 14.7 Å². The van der Waals surface area contributed by atoms with Gasteiger partial charge in [0.1, 0.15) is 11.4 Å². The van der Waals surface area contributed by atoms with Crippen molar-refractivity contribution in [2.45, 2.75) is 26.3 Å². The predicted molar refractivity (Wildman–Crippen MR) is 85.0 cm³/mol. The lowest BCUT2D eigenvalue weighted by molar-refractivity contribution is 0.0695. The number of carbonyl (C=O) groups is 1. The van der Waals surface area contributed by atoms with Crippen LogP contribution in [0.15, 0.2) is 30.3 Å². The third-order valence-electron chi connectivity index (χ3n) is 4.04. The van der Waals surface area contributed by atoms with E-state index in [2.05, 4.69) is 12.0 Å². The molecule has 3 rings (SSSR count). The van der Waals surface area contributed by atoms with E-state index < -0.39 is 0 Å². The van der Waals surface area contributed by atoms with Gasteiger partial charge in [-0.25, -0.2) is 0 Å². The van der Waals surface area contributed by atoms with Crippen LogP contribution in [0.4, 0.5) is 0 Å². The molecule has 1 aromatic heterocycles. The Bertz CT molecular complexity index is 661. The van der Waals surface area contributed by atoms with E-state index in [1.54, 1.807) is 7.11 Å². The van der Waals surface area contributed by atoms with Gasteiger partial charge in [-0.15, -0.1) is 0 Å². The van der Waals surface area contributed by atoms with Gasteiger partial charge >= 0.3 is 0 Å². The van der Waals surface area contributed by atoms with Crippen LogP contribution in [0.25, 0.3) is 11.3 Å². The van der Waals surface area contributed by atoms with E-state index in [1.165, 1.54) is 0 Å². The molecule has 0 saturated heterocycles. The Hall–Kier alpha value is -2.30. The van der Waals surface area contributed by atoms with Crippen molar-refractivity contribution in [1.29, 1.82) is 0 Å². The number of unbranched alkanes of at least 4 members (excludes halogenated alkanes) is 1. The minimum absolute atomic E-state index is 0.0898. The molecular formula is C17H21N3O2. The molecule has 0 fully saturated rings. The highest BCUT2D eigenvalue weighted by atomic mass is 16.5. The zero-order chi connectivity index (χ0) is 15.5. The lowest BCUT2D eigenvalue weighted by Gasteiger charge is -2.27. The monoisotopic (exact) mass is 299 g/mol. The molecule has 22 heavy (non-hydrogen) atoms. The van der Waals surface area contributed by atoms with Crippen LogP contribution in [-0.2, 0) is 6.54 Å². The van der Waals surface area contributed by atoms with Crippen molar-refractivity contribution in [3.05, 3.63) is 36.0 Å². The standard InChI is InChI=1S/C17H21N3O2/c1-3-4-9-19-10-11-20-16(17(19)21)12-15(18-20)13-5-7-14(22-2)8-6-13/h5-8,12H,3-4,9-11H2,1-2H3. The van der Waals surface area contributed by atoms with Gasteiger partial charge in [0.2, 0.25) is 0 Å². The number of aromatic nitrogens is 2. The minimum Gasteiger partial charge on any atom is -0.497 e. The number of amides is 1. The van der Waals surface area contributed by atoms with Crippen LogP contribution in [-0.4, -0.2) is 40.8 Å². The van der Waals surface area contributed by atoms with Gasteiger partial charge in [-0.3, -0.25) is 9.48 Å². The van der Waals surface area contributed by atoms with Crippen LogP contribution in [0.5, 0.6) is 5.75 Å². The summed E-state index contributed by atoms with van der Waals surface area (Å²) < 4.78 is 6.99. The van der Waals surface area contributed by atoms with Crippen LogP contribution in [0.3, 0.4) is 0 Å². The topological polar surface area (TPSA) is 47.4 Å². The molecule has 0 bridgehead atoms. The summed E-state index contributed by atoms with van der Waals surface area (Å²) in [6, 6.07) is 9.63. The first-order chi connectivity index (χ1) is 10.7. The zero-order valence-electron chi connectivity index (χ0n) is 13.1. The molecule has 2 heterocycles. The fourth-order valence-corrected chi connectivity index (χ4v) is 2.70. The molecule has 116 valence electrons. The van der Waals surface area contributed by atoms with Gasteiger partial charge in [0.15, 0.2) is 0 Å². The van der Waals surface area contributed by atoms with Crippen molar-refractivity contribution in [3.8, 4) is 17.0 Å². The smallest absolute Gasteiger partial charge is 0.272 e. The normalized spacial score (nSPS) is 14.1. The SMILES string of the molecule is CCCCN1CCn2nc(-c3ccc(OC)cc3)cc2C1=O. The summed E-state index contributed by atoms with van der Waals surface area (Å²) in [4.78, 5) is 14.4. The number of methoxy groups -OCH3 is 1. The van der Waals surface area contributed by atoms with Crippen LogP contribution in [0.2, 0.25) is 0 Å². The van der Waals surface area contributed by atoms with Crippen molar-refractivity contribution in [2.24, 2.45) is 0 Å². The highest BCUT2D eigenvalue weighted by Gasteiger charge is 2.26. The molecule has 0 aliphatic carbocycles. The van der Waals surface area contributed by atoms with E-state index in [4.69, 9.17) is 4.74 Å². The van der Waals surface area contributed by atoms with E-state index in [-0.39, 0.29) is 5.91 Å². The van der Waals surface area contributed by atoms with E-state index in [9.17, 15) is 4.79 Å². The molecule has 1 aromatic carbocycles. The summed E-state index contributed by atoms with van der Waals surface area (Å²) >= 11 is 0. The van der Waals surface area contributed by atoms with E-state index in [1.807, 2.05) is 39.9 Å². The Labute approximate surface area is 130 Å². The summed E-state index contributed by atoms with van der Waals surface area (Å²) in [5, 5.41) is 4.57. The molecule has 2 aromatic rings. The van der Waals surface area contributed by atoms with Crippen molar-refractivity contribution in [3.63, 3.8) is 0 Å². The maximum absolute atomic E-state index is 12.5. The lowest BCUT2D eigenvalue weighted by Crippen LogP contribution is -2.40. The Morgan fingerprint density at radius 2 is 2.00 bits per heavy atom. The highest BCUT2D eigenvalue weighted by molar-refractivity contribution is 5.94. The highest BCUT2D eigenvalue weighted by Crippen LogP contribution is 2.24.